The summed E-state index contributed by atoms with van der Waals surface area (Å²) < 4.78 is 2.03. The molecule has 0 aromatic heterocycles. The quantitative estimate of drug-likeness (QED) is 0.765. The van der Waals surface area contributed by atoms with Crippen molar-refractivity contribution in [2.75, 3.05) is 11.6 Å². The highest BCUT2D eigenvalue weighted by Gasteiger charge is 2.48. The number of para-hydroxylation sites is 1. The molecule has 0 atom stereocenters. The van der Waals surface area contributed by atoms with E-state index in [2.05, 4.69) is 36.8 Å². The van der Waals surface area contributed by atoms with Gasteiger partial charge in [0.2, 0.25) is 5.91 Å². The lowest BCUT2D eigenvalue weighted by Crippen LogP contribution is -2.55. The third kappa shape index (κ3) is 2.17. The zero-order valence-electron chi connectivity index (χ0n) is 11.9. The Hall–Kier alpha value is -1.29. The standard InChI is InChI=1S/C14H22N2OSi/c1-14(2)11-15(12-9-7-6-8-10-12)16(13(14)17)18(3,4)5/h6-10H,11H2,1-5H3. The first-order valence-corrected chi connectivity index (χ1v) is 9.85. The minimum atomic E-state index is -1.71. The number of hydrogen-bond acceptors (Lipinski definition) is 2. The number of carbonyl (C=O) groups excluding carboxylic acids is 1. The molecule has 1 fully saturated rings. The minimum Gasteiger partial charge on any atom is -0.290 e. The van der Waals surface area contributed by atoms with Crippen molar-refractivity contribution in [2.24, 2.45) is 5.41 Å². The van der Waals surface area contributed by atoms with Crippen LogP contribution in [0.15, 0.2) is 30.3 Å². The summed E-state index contributed by atoms with van der Waals surface area (Å²) in [5.41, 5.74) is 0.815. The van der Waals surface area contributed by atoms with E-state index in [1.165, 1.54) is 0 Å². The number of hydrazine groups is 1. The molecule has 0 N–H and O–H groups in total. The summed E-state index contributed by atoms with van der Waals surface area (Å²) in [6, 6.07) is 10.2. The van der Waals surface area contributed by atoms with E-state index in [0.717, 1.165) is 12.2 Å². The van der Waals surface area contributed by atoms with Crippen LogP contribution in [0.4, 0.5) is 5.69 Å². The van der Waals surface area contributed by atoms with Gasteiger partial charge in [-0.15, -0.1) is 0 Å². The Bertz CT molecular complexity index is 451. The molecule has 2 rings (SSSR count). The van der Waals surface area contributed by atoms with Crippen LogP contribution in [0, 0.1) is 5.41 Å². The van der Waals surface area contributed by atoms with Crippen LogP contribution in [0.25, 0.3) is 0 Å². The van der Waals surface area contributed by atoms with E-state index >= 15 is 0 Å². The Morgan fingerprint density at radius 3 is 2.17 bits per heavy atom. The molecule has 98 valence electrons. The number of nitrogens with zero attached hydrogens (tertiary/aromatic N) is 2. The van der Waals surface area contributed by atoms with Crippen LogP contribution in [-0.2, 0) is 4.79 Å². The Balaban J connectivity index is 2.44. The van der Waals surface area contributed by atoms with Crippen molar-refractivity contribution in [3.8, 4) is 0 Å². The predicted molar refractivity (Wildman–Crippen MR) is 77.8 cm³/mol. The van der Waals surface area contributed by atoms with Crippen molar-refractivity contribution < 1.29 is 4.79 Å². The van der Waals surface area contributed by atoms with Gasteiger partial charge in [0.25, 0.3) is 0 Å². The van der Waals surface area contributed by atoms with Gasteiger partial charge in [0.15, 0.2) is 8.24 Å². The van der Waals surface area contributed by atoms with Gasteiger partial charge in [-0.05, 0) is 45.6 Å². The van der Waals surface area contributed by atoms with Gasteiger partial charge < -0.3 is 0 Å². The lowest BCUT2D eigenvalue weighted by molar-refractivity contribution is -0.131. The van der Waals surface area contributed by atoms with Crippen LogP contribution in [0.5, 0.6) is 0 Å². The molecule has 1 aliphatic heterocycles. The lowest BCUT2D eigenvalue weighted by Gasteiger charge is -2.38. The molecule has 0 spiro atoms. The zero-order chi connectivity index (χ0) is 13.6. The molecule has 1 heterocycles. The first-order valence-electron chi connectivity index (χ1n) is 6.41. The molecule has 1 aliphatic rings. The van der Waals surface area contributed by atoms with E-state index in [9.17, 15) is 4.79 Å². The molecule has 1 aromatic rings. The first kappa shape index (κ1) is 13.1. The summed E-state index contributed by atoms with van der Waals surface area (Å²) in [6.45, 7) is 11.5. The van der Waals surface area contributed by atoms with Crippen molar-refractivity contribution in [2.45, 2.75) is 33.5 Å². The molecular weight excluding hydrogens is 240 g/mol. The molecule has 0 saturated carbocycles. The average Bonchev–Trinajstić information content (AvgIpc) is 2.51. The summed E-state index contributed by atoms with van der Waals surface area (Å²) in [6.07, 6.45) is 0. The second kappa shape index (κ2) is 4.12. The van der Waals surface area contributed by atoms with Crippen molar-refractivity contribution >= 4 is 19.8 Å². The van der Waals surface area contributed by atoms with Crippen LogP contribution in [-0.4, -0.2) is 25.4 Å². The van der Waals surface area contributed by atoms with Gasteiger partial charge in [0.05, 0.1) is 17.6 Å². The summed E-state index contributed by atoms with van der Waals surface area (Å²) in [4.78, 5) is 12.6. The summed E-state index contributed by atoms with van der Waals surface area (Å²) in [5, 5.41) is 2.16. The molecule has 0 unspecified atom stereocenters. The molecule has 0 aliphatic carbocycles. The van der Waals surface area contributed by atoms with E-state index in [0.29, 0.717) is 0 Å². The monoisotopic (exact) mass is 262 g/mol. The van der Waals surface area contributed by atoms with Crippen molar-refractivity contribution in [3.05, 3.63) is 30.3 Å². The summed E-state index contributed by atoms with van der Waals surface area (Å²) in [7, 11) is -1.71. The second-order valence-electron chi connectivity index (χ2n) is 6.56. The normalized spacial score (nSPS) is 19.5. The maximum absolute atomic E-state index is 12.6. The fraction of sp³-hybridized carbons (Fsp3) is 0.500. The molecule has 1 aromatic carbocycles. The number of anilines is 1. The molecule has 1 saturated heterocycles. The number of carbonyl (C=O) groups is 1. The van der Waals surface area contributed by atoms with Crippen molar-refractivity contribution in [1.29, 1.82) is 0 Å². The van der Waals surface area contributed by atoms with Gasteiger partial charge in [-0.1, -0.05) is 18.2 Å². The largest absolute Gasteiger partial charge is 0.290 e. The minimum absolute atomic E-state index is 0.255. The van der Waals surface area contributed by atoms with Crippen LogP contribution < -0.4 is 5.01 Å². The SMILES string of the molecule is CC1(C)CN(c2ccccc2)N([Si](C)(C)C)C1=O. The van der Waals surface area contributed by atoms with Crippen LogP contribution >= 0.6 is 0 Å². The van der Waals surface area contributed by atoms with Gasteiger partial charge in [-0.3, -0.25) is 14.5 Å². The van der Waals surface area contributed by atoms with Gasteiger partial charge in [-0.25, -0.2) is 0 Å². The van der Waals surface area contributed by atoms with E-state index in [1.54, 1.807) is 0 Å². The molecule has 4 heteroatoms. The number of hydrogen-bond donors (Lipinski definition) is 0. The van der Waals surface area contributed by atoms with Gasteiger partial charge in [0.1, 0.15) is 0 Å². The first-order chi connectivity index (χ1) is 8.23. The van der Waals surface area contributed by atoms with Gasteiger partial charge >= 0.3 is 0 Å². The third-order valence-electron chi connectivity index (χ3n) is 3.25. The number of amides is 1. The molecule has 1 amide bonds. The zero-order valence-corrected chi connectivity index (χ0v) is 12.9. The lowest BCUT2D eigenvalue weighted by atomic mass is 9.94. The Kier molecular flexibility index (Phi) is 3.01. The summed E-state index contributed by atoms with van der Waals surface area (Å²) >= 11 is 0. The van der Waals surface area contributed by atoms with E-state index < -0.39 is 8.24 Å². The van der Waals surface area contributed by atoms with Crippen LogP contribution in [0.1, 0.15) is 13.8 Å². The van der Waals surface area contributed by atoms with Gasteiger partial charge in [0, 0.05) is 0 Å². The Morgan fingerprint density at radius 2 is 1.67 bits per heavy atom. The molecule has 0 radical (unpaired) electrons. The predicted octanol–water partition coefficient (Wildman–Crippen LogP) is 3.11. The highest BCUT2D eigenvalue weighted by molar-refractivity contribution is 6.75. The molecule has 3 nitrogen and oxygen atoms in total. The molecule has 0 bridgehead atoms. The fourth-order valence-corrected chi connectivity index (χ4v) is 4.21. The maximum atomic E-state index is 12.6. The second-order valence-corrected chi connectivity index (χ2v) is 11.3. The topological polar surface area (TPSA) is 23.6 Å². The summed E-state index contributed by atoms with van der Waals surface area (Å²) in [5.74, 6) is 0.255. The average molecular weight is 262 g/mol. The van der Waals surface area contributed by atoms with Gasteiger partial charge in [-0.2, -0.15) is 0 Å². The third-order valence-corrected chi connectivity index (χ3v) is 4.96. The highest BCUT2D eigenvalue weighted by Crippen LogP contribution is 2.36. The van der Waals surface area contributed by atoms with Crippen LogP contribution in [0.2, 0.25) is 19.6 Å². The molecular formula is C14H22N2OSi. The fourth-order valence-electron chi connectivity index (χ4n) is 2.38. The highest BCUT2D eigenvalue weighted by atomic mass is 28.3. The van der Waals surface area contributed by atoms with Crippen molar-refractivity contribution in [3.63, 3.8) is 0 Å². The van der Waals surface area contributed by atoms with E-state index in [1.807, 2.05) is 36.7 Å². The number of rotatable bonds is 2. The van der Waals surface area contributed by atoms with Crippen molar-refractivity contribution in [1.82, 2.24) is 4.67 Å². The van der Waals surface area contributed by atoms with E-state index in [-0.39, 0.29) is 11.3 Å². The maximum Gasteiger partial charge on any atom is 0.240 e. The number of benzene rings is 1. The smallest absolute Gasteiger partial charge is 0.240 e. The Morgan fingerprint density at radius 1 is 1.11 bits per heavy atom. The Labute approximate surface area is 110 Å². The van der Waals surface area contributed by atoms with Crippen LogP contribution in [0.3, 0.4) is 0 Å². The van der Waals surface area contributed by atoms with E-state index in [4.69, 9.17) is 0 Å². The molecule has 18 heavy (non-hydrogen) atoms.